The molecule has 0 aromatic carbocycles. The Hall–Kier alpha value is 0.350. The summed E-state index contributed by atoms with van der Waals surface area (Å²) in [5.41, 5.74) is 0.138. The molecule has 2 aliphatic rings. The van der Waals surface area contributed by atoms with Gasteiger partial charge in [-0.1, -0.05) is 41.6 Å². The molecule has 19 heavy (non-hydrogen) atoms. The van der Waals surface area contributed by atoms with Crippen molar-refractivity contribution in [1.29, 1.82) is 0 Å². The zero-order valence-electron chi connectivity index (χ0n) is 11.5. The SMILES string of the molecule is O=S(=O)(NCC1(CBr)CCCC1)N1CCCCCC1. The molecule has 0 spiro atoms. The molecule has 1 aliphatic carbocycles. The summed E-state index contributed by atoms with van der Waals surface area (Å²) in [6.07, 6.45) is 8.97. The molecule has 1 saturated heterocycles. The van der Waals surface area contributed by atoms with E-state index in [1.165, 1.54) is 12.8 Å². The number of nitrogens with zero attached hydrogens (tertiary/aromatic N) is 1. The van der Waals surface area contributed by atoms with Gasteiger partial charge in [0, 0.05) is 25.0 Å². The van der Waals surface area contributed by atoms with Crippen molar-refractivity contribution in [3.8, 4) is 0 Å². The van der Waals surface area contributed by atoms with Gasteiger partial charge >= 0.3 is 0 Å². The Bertz CT molecular complexity index is 372. The maximum absolute atomic E-state index is 12.4. The molecule has 4 nitrogen and oxygen atoms in total. The molecule has 0 bridgehead atoms. The minimum atomic E-state index is -3.28. The van der Waals surface area contributed by atoms with Crippen molar-refractivity contribution in [3.05, 3.63) is 0 Å². The number of halogens is 1. The molecule has 0 amide bonds. The zero-order chi connectivity index (χ0) is 13.8. The Balaban J connectivity index is 1.92. The fourth-order valence-electron chi connectivity index (χ4n) is 3.10. The number of nitrogens with one attached hydrogen (secondary N) is 1. The molecule has 0 aromatic heterocycles. The Labute approximate surface area is 125 Å². The van der Waals surface area contributed by atoms with Crippen molar-refractivity contribution in [3.63, 3.8) is 0 Å². The minimum Gasteiger partial charge on any atom is -0.202 e. The highest BCUT2D eigenvalue weighted by Crippen LogP contribution is 2.39. The lowest BCUT2D eigenvalue weighted by atomic mass is 9.89. The molecular weight excluding hydrogens is 328 g/mol. The van der Waals surface area contributed by atoms with Gasteiger partial charge in [0.15, 0.2) is 0 Å². The fourth-order valence-corrected chi connectivity index (χ4v) is 5.27. The average Bonchev–Trinajstić information content (AvgIpc) is 2.70. The third-order valence-corrected chi connectivity index (χ3v) is 7.23. The highest BCUT2D eigenvalue weighted by Gasteiger charge is 2.34. The summed E-state index contributed by atoms with van der Waals surface area (Å²) in [6.45, 7) is 1.93. The second-order valence-corrected chi connectivity index (χ2v) is 8.30. The molecule has 0 atom stereocenters. The topological polar surface area (TPSA) is 49.4 Å². The summed E-state index contributed by atoms with van der Waals surface area (Å²) in [5, 5.41) is 0.891. The van der Waals surface area contributed by atoms with Crippen molar-refractivity contribution < 1.29 is 8.42 Å². The Morgan fingerprint density at radius 1 is 1.00 bits per heavy atom. The largest absolute Gasteiger partial charge is 0.279 e. The standard InChI is InChI=1S/C13H25BrN2O2S/c14-11-13(7-3-4-8-13)12-15-19(17,18)16-9-5-1-2-6-10-16/h15H,1-12H2. The number of alkyl halides is 1. The van der Waals surface area contributed by atoms with Gasteiger partial charge in [-0.15, -0.1) is 0 Å². The van der Waals surface area contributed by atoms with Crippen LogP contribution in [0, 0.1) is 5.41 Å². The lowest BCUT2D eigenvalue weighted by Crippen LogP contribution is -2.45. The first kappa shape index (κ1) is 15.7. The smallest absolute Gasteiger partial charge is 0.202 e. The third kappa shape index (κ3) is 4.16. The number of hydrogen-bond donors (Lipinski definition) is 1. The Morgan fingerprint density at radius 3 is 2.11 bits per heavy atom. The van der Waals surface area contributed by atoms with Crippen LogP contribution in [-0.2, 0) is 10.2 Å². The molecule has 1 N–H and O–H groups in total. The van der Waals surface area contributed by atoms with Gasteiger partial charge in [-0.2, -0.15) is 12.7 Å². The van der Waals surface area contributed by atoms with Crippen molar-refractivity contribution in [1.82, 2.24) is 9.03 Å². The van der Waals surface area contributed by atoms with Crippen LogP contribution in [0.1, 0.15) is 51.4 Å². The first-order valence-corrected chi connectivity index (χ1v) is 9.95. The van der Waals surface area contributed by atoms with E-state index < -0.39 is 10.2 Å². The van der Waals surface area contributed by atoms with E-state index in [2.05, 4.69) is 20.7 Å². The van der Waals surface area contributed by atoms with Crippen LogP contribution in [0.25, 0.3) is 0 Å². The summed E-state index contributed by atoms with van der Waals surface area (Å²) in [6, 6.07) is 0. The normalized spacial score (nSPS) is 25.3. The van der Waals surface area contributed by atoms with E-state index in [4.69, 9.17) is 0 Å². The molecule has 1 saturated carbocycles. The van der Waals surface area contributed by atoms with Crippen LogP contribution in [0.3, 0.4) is 0 Å². The average molecular weight is 353 g/mol. The Kier molecular flexibility index (Phi) is 5.69. The maximum atomic E-state index is 12.4. The van der Waals surface area contributed by atoms with E-state index in [1.54, 1.807) is 4.31 Å². The molecule has 0 unspecified atom stereocenters. The monoisotopic (exact) mass is 352 g/mol. The van der Waals surface area contributed by atoms with Crippen LogP contribution in [0.2, 0.25) is 0 Å². The van der Waals surface area contributed by atoms with Gasteiger partial charge in [-0.3, -0.25) is 0 Å². The van der Waals surface area contributed by atoms with E-state index in [0.717, 1.165) is 43.9 Å². The van der Waals surface area contributed by atoms with Gasteiger partial charge in [0.25, 0.3) is 10.2 Å². The van der Waals surface area contributed by atoms with Gasteiger partial charge in [0.05, 0.1) is 0 Å². The third-order valence-electron chi connectivity index (χ3n) is 4.48. The van der Waals surface area contributed by atoms with Crippen molar-refractivity contribution >= 4 is 26.1 Å². The quantitative estimate of drug-likeness (QED) is 0.773. The summed E-state index contributed by atoms with van der Waals surface area (Å²) in [5.74, 6) is 0. The summed E-state index contributed by atoms with van der Waals surface area (Å²) in [4.78, 5) is 0. The zero-order valence-corrected chi connectivity index (χ0v) is 13.9. The van der Waals surface area contributed by atoms with Crippen molar-refractivity contribution in [2.75, 3.05) is 25.0 Å². The van der Waals surface area contributed by atoms with Gasteiger partial charge in [-0.25, -0.2) is 4.72 Å². The molecule has 112 valence electrons. The van der Waals surface area contributed by atoms with Crippen LogP contribution in [0.4, 0.5) is 0 Å². The first-order chi connectivity index (χ1) is 9.08. The van der Waals surface area contributed by atoms with Crippen molar-refractivity contribution in [2.24, 2.45) is 5.41 Å². The van der Waals surface area contributed by atoms with Crippen LogP contribution < -0.4 is 4.72 Å². The van der Waals surface area contributed by atoms with E-state index in [0.29, 0.717) is 19.6 Å². The highest BCUT2D eigenvalue weighted by molar-refractivity contribution is 9.09. The van der Waals surface area contributed by atoms with Crippen LogP contribution >= 0.6 is 15.9 Å². The van der Waals surface area contributed by atoms with E-state index >= 15 is 0 Å². The van der Waals surface area contributed by atoms with Crippen molar-refractivity contribution in [2.45, 2.75) is 51.4 Å². The van der Waals surface area contributed by atoms with Crippen LogP contribution in [0.5, 0.6) is 0 Å². The first-order valence-electron chi connectivity index (χ1n) is 7.39. The second-order valence-electron chi connectivity index (χ2n) is 5.98. The molecule has 2 fully saturated rings. The predicted octanol–water partition coefficient (Wildman–Crippen LogP) is 2.65. The molecule has 1 heterocycles. The molecule has 0 radical (unpaired) electrons. The Morgan fingerprint density at radius 2 is 1.58 bits per heavy atom. The number of hydrogen-bond acceptors (Lipinski definition) is 2. The predicted molar refractivity (Wildman–Crippen MR) is 81.7 cm³/mol. The van der Waals surface area contributed by atoms with E-state index in [1.807, 2.05) is 0 Å². The van der Waals surface area contributed by atoms with Gasteiger partial charge in [-0.05, 0) is 31.1 Å². The lowest BCUT2D eigenvalue weighted by molar-refractivity contribution is 0.337. The molecule has 6 heteroatoms. The van der Waals surface area contributed by atoms with Gasteiger partial charge in [0.2, 0.25) is 0 Å². The summed E-state index contributed by atoms with van der Waals surface area (Å²) >= 11 is 3.56. The summed E-state index contributed by atoms with van der Waals surface area (Å²) in [7, 11) is -3.28. The van der Waals surface area contributed by atoms with Crippen LogP contribution in [0.15, 0.2) is 0 Å². The van der Waals surface area contributed by atoms with E-state index in [9.17, 15) is 8.42 Å². The summed E-state index contributed by atoms with van der Waals surface area (Å²) < 4.78 is 29.2. The maximum Gasteiger partial charge on any atom is 0.279 e. The molecule has 0 aromatic rings. The van der Waals surface area contributed by atoms with Crippen LogP contribution in [-0.4, -0.2) is 37.7 Å². The van der Waals surface area contributed by atoms with Gasteiger partial charge in [0.1, 0.15) is 0 Å². The highest BCUT2D eigenvalue weighted by atomic mass is 79.9. The molecule has 2 rings (SSSR count). The fraction of sp³-hybridized carbons (Fsp3) is 1.00. The molecule has 1 aliphatic heterocycles. The minimum absolute atomic E-state index is 0.138. The second kappa shape index (κ2) is 6.87. The van der Waals surface area contributed by atoms with E-state index in [-0.39, 0.29) is 5.41 Å². The molecular formula is C13H25BrN2O2S. The van der Waals surface area contributed by atoms with Gasteiger partial charge < -0.3 is 0 Å². The number of rotatable bonds is 5. The lowest BCUT2D eigenvalue weighted by Gasteiger charge is -2.28.